The minimum atomic E-state index is -0.237. The van der Waals surface area contributed by atoms with E-state index in [0.29, 0.717) is 0 Å². The largest absolute Gasteiger partial charge is 0.496 e. The monoisotopic (exact) mass is 269 g/mol. The first-order chi connectivity index (χ1) is 9.81. The maximum absolute atomic E-state index is 6.46. The maximum Gasteiger partial charge on any atom is 0.127 e. The molecule has 0 saturated carbocycles. The average molecular weight is 269 g/mol. The number of ether oxygens (including phenoxy) is 2. The summed E-state index contributed by atoms with van der Waals surface area (Å²) in [5.41, 5.74) is 9.72. The van der Waals surface area contributed by atoms with Crippen molar-refractivity contribution in [2.24, 2.45) is 5.73 Å². The Morgan fingerprint density at radius 2 is 1.90 bits per heavy atom. The van der Waals surface area contributed by atoms with Crippen molar-refractivity contribution in [3.05, 3.63) is 59.2 Å². The van der Waals surface area contributed by atoms with Gasteiger partial charge in [-0.05, 0) is 24.5 Å². The molecule has 2 aromatic rings. The highest BCUT2D eigenvalue weighted by atomic mass is 16.5. The van der Waals surface area contributed by atoms with Crippen LogP contribution < -0.4 is 15.2 Å². The van der Waals surface area contributed by atoms with Gasteiger partial charge < -0.3 is 15.2 Å². The second kappa shape index (κ2) is 5.55. The van der Waals surface area contributed by atoms with Crippen molar-refractivity contribution in [1.82, 2.24) is 0 Å². The molecule has 0 spiro atoms. The number of hydrogen-bond donors (Lipinski definition) is 1. The molecule has 0 bridgehead atoms. The zero-order valence-corrected chi connectivity index (χ0v) is 11.6. The van der Waals surface area contributed by atoms with E-state index in [1.165, 1.54) is 5.56 Å². The van der Waals surface area contributed by atoms with E-state index in [1.807, 2.05) is 30.3 Å². The Labute approximate surface area is 119 Å². The molecule has 1 atom stereocenters. The zero-order valence-electron chi connectivity index (χ0n) is 11.6. The second-order valence-corrected chi connectivity index (χ2v) is 5.01. The van der Waals surface area contributed by atoms with Gasteiger partial charge in [-0.25, -0.2) is 0 Å². The minimum absolute atomic E-state index is 0.237. The van der Waals surface area contributed by atoms with Crippen LogP contribution in [0.5, 0.6) is 11.5 Å². The van der Waals surface area contributed by atoms with Crippen molar-refractivity contribution in [2.75, 3.05) is 13.7 Å². The highest BCUT2D eigenvalue weighted by Crippen LogP contribution is 2.36. The lowest BCUT2D eigenvalue weighted by Gasteiger charge is -2.24. The van der Waals surface area contributed by atoms with Gasteiger partial charge in [0.1, 0.15) is 11.5 Å². The number of hydrogen-bond acceptors (Lipinski definition) is 3. The van der Waals surface area contributed by atoms with Crippen molar-refractivity contribution in [2.45, 2.75) is 18.9 Å². The molecular formula is C17H19NO2. The molecule has 1 aliphatic heterocycles. The number of fused-ring (bicyclic) bond motifs is 1. The van der Waals surface area contributed by atoms with Crippen LogP contribution in [0.4, 0.5) is 0 Å². The first kappa shape index (κ1) is 13.0. The third kappa shape index (κ3) is 2.25. The summed E-state index contributed by atoms with van der Waals surface area (Å²) in [6.07, 6.45) is 2.13. The highest BCUT2D eigenvalue weighted by molar-refractivity contribution is 5.50. The van der Waals surface area contributed by atoms with Crippen molar-refractivity contribution in [3.63, 3.8) is 0 Å². The molecule has 2 N–H and O–H groups in total. The number of aryl methyl sites for hydroxylation is 1. The lowest BCUT2D eigenvalue weighted by molar-refractivity contribution is 0.284. The number of benzene rings is 2. The molecule has 1 aliphatic rings. The van der Waals surface area contributed by atoms with Gasteiger partial charge >= 0.3 is 0 Å². The normalized spacial score (nSPS) is 15.1. The molecule has 0 amide bonds. The minimum Gasteiger partial charge on any atom is -0.496 e. The molecular weight excluding hydrogens is 250 g/mol. The van der Waals surface area contributed by atoms with Gasteiger partial charge in [0.25, 0.3) is 0 Å². The fourth-order valence-corrected chi connectivity index (χ4v) is 2.75. The highest BCUT2D eigenvalue weighted by Gasteiger charge is 2.21. The van der Waals surface area contributed by atoms with Crippen molar-refractivity contribution in [3.8, 4) is 11.5 Å². The third-order valence-electron chi connectivity index (χ3n) is 3.77. The van der Waals surface area contributed by atoms with Crippen LogP contribution in [0.3, 0.4) is 0 Å². The summed E-state index contributed by atoms with van der Waals surface area (Å²) >= 11 is 0. The van der Waals surface area contributed by atoms with E-state index in [4.69, 9.17) is 15.2 Å². The van der Waals surface area contributed by atoms with Gasteiger partial charge in [0.15, 0.2) is 0 Å². The summed E-state index contributed by atoms with van der Waals surface area (Å²) in [6, 6.07) is 13.8. The number of para-hydroxylation sites is 2. The predicted molar refractivity (Wildman–Crippen MR) is 79.3 cm³/mol. The summed E-state index contributed by atoms with van der Waals surface area (Å²) in [7, 11) is 1.67. The number of nitrogens with two attached hydrogens (primary N) is 1. The Balaban J connectivity index is 2.04. The average Bonchev–Trinajstić information content (AvgIpc) is 2.53. The van der Waals surface area contributed by atoms with Gasteiger partial charge in [-0.15, -0.1) is 0 Å². The van der Waals surface area contributed by atoms with Crippen LogP contribution in [-0.4, -0.2) is 13.7 Å². The van der Waals surface area contributed by atoms with Gasteiger partial charge in [-0.3, -0.25) is 0 Å². The van der Waals surface area contributed by atoms with E-state index in [-0.39, 0.29) is 6.04 Å². The fourth-order valence-electron chi connectivity index (χ4n) is 2.75. The van der Waals surface area contributed by atoms with Crippen LogP contribution in [0.1, 0.15) is 29.2 Å². The summed E-state index contributed by atoms with van der Waals surface area (Å²) in [4.78, 5) is 0. The van der Waals surface area contributed by atoms with Gasteiger partial charge in [0, 0.05) is 11.1 Å². The molecule has 0 aromatic heterocycles. The van der Waals surface area contributed by atoms with E-state index < -0.39 is 0 Å². The van der Waals surface area contributed by atoms with Gasteiger partial charge in [0.05, 0.1) is 19.8 Å². The molecule has 2 aromatic carbocycles. The molecule has 3 nitrogen and oxygen atoms in total. The van der Waals surface area contributed by atoms with Gasteiger partial charge in [-0.2, -0.15) is 0 Å². The Morgan fingerprint density at radius 3 is 2.75 bits per heavy atom. The van der Waals surface area contributed by atoms with Crippen molar-refractivity contribution < 1.29 is 9.47 Å². The summed E-state index contributed by atoms with van der Waals surface area (Å²) in [5, 5.41) is 0. The number of methoxy groups -OCH3 is 1. The van der Waals surface area contributed by atoms with E-state index in [2.05, 4.69) is 12.1 Å². The molecule has 3 heteroatoms. The standard InChI is InChI=1S/C17H19NO2/c1-19-15-10-3-2-8-13(15)16(18)14-9-4-6-12-7-5-11-20-17(12)14/h2-4,6,8-10,16H,5,7,11,18H2,1H3. The fraction of sp³-hybridized carbons (Fsp3) is 0.294. The molecule has 1 heterocycles. The summed E-state index contributed by atoms with van der Waals surface area (Å²) < 4.78 is 11.3. The zero-order chi connectivity index (χ0) is 13.9. The Morgan fingerprint density at radius 1 is 1.10 bits per heavy atom. The van der Waals surface area contributed by atoms with Crippen LogP contribution in [0.2, 0.25) is 0 Å². The van der Waals surface area contributed by atoms with E-state index in [1.54, 1.807) is 7.11 Å². The second-order valence-electron chi connectivity index (χ2n) is 5.01. The lowest BCUT2D eigenvalue weighted by atomic mass is 9.94. The van der Waals surface area contributed by atoms with Crippen LogP contribution in [0.25, 0.3) is 0 Å². The van der Waals surface area contributed by atoms with Gasteiger partial charge in [0.2, 0.25) is 0 Å². The third-order valence-corrected chi connectivity index (χ3v) is 3.77. The van der Waals surface area contributed by atoms with E-state index in [9.17, 15) is 0 Å². The van der Waals surface area contributed by atoms with Gasteiger partial charge in [-0.1, -0.05) is 36.4 Å². The molecule has 1 unspecified atom stereocenters. The van der Waals surface area contributed by atoms with Crippen LogP contribution in [0, 0.1) is 0 Å². The smallest absolute Gasteiger partial charge is 0.127 e. The molecule has 0 fully saturated rings. The maximum atomic E-state index is 6.46. The Bertz CT molecular complexity index is 610. The summed E-state index contributed by atoms with van der Waals surface area (Å²) in [6.45, 7) is 0.767. The summed E-state index contributed by atoms with van der Waals surface area (Å²) in [5.74, 6) is 1.77. The molecule has 3 rings (SSSR count). The molecule has 0 aliphatic carbocycles. The van der Waals surface area contributed by atoms with Crippen LogP contribution in [-0.2, 0) is 6.42 Å². The predicted octanol–water partition coefficient (Wildman–Crippen LogP) is 3.07. The SMILES string of the molecule is COc1ccccc1C(N)c1cccc2c1OCCC2. The van der Waals surface area contributed by atoms with Crippen molar-refractivity contribution >= 4 is 0 Å². The Hall–Kier alpha value is -2.00. The molecule has 0 radical (unpaired) electrons. The van der Waals surface area contributed by atoms with E-state index >= 15 is 0 Å². The molecule has 104 valence electrons. The van der Waals surface area contributed by atoms with E-state index in [0.717, 1.165) is 42.1 Å². The number of rotatable bonds is 3. The topological polar surface area (TPSA) is 44.5 Å². The van der Waals surface area contributed by atoms with Crippen molar-refractivity contribution in [1.29, 1.82) is 0 Å². The lowest BCUT2D eigenvalue weighted by Crippen LogP contribution is -2.17. The first-order valence-electron chi connectivity index (χ1n) is 6.94. The molecule has 20 heavy (non-hydrogen) atoms. The van der Waals surface area contributed by atoms with Crippen LogP contribution >= 0.6 is 0 Å². The quantitative estimate of drug-likeness (QED) is 0.931. The Kier molecular flexibility index (Phi) is 3.61. The first-order valence-corrected chi connectivity index (χ1v) is 6.94. The van der Waals surface area contributed by atoms with Crippen LogP contribution in [0.15, 0.2) is 42.5 Å². The molecule has 0 saturated heterocycles.